The van der Waals surface area contributed by atoms with Crippen LogP contribution in [0.4, 0.5) is 16.0 Å². The Balaban J connectivity index is 1.52. The average Bonchev–Trinajstić information content (AvgIpc) is 3.20. The summed E-state index contributed by atoms with van der Waals surface area (Å²) in [5, 5.41) is 12.8. The van der Waals surface area contributed by atoms with E-state index >= 15 is 0 Å². The summed E-state index contributed by atoms with van der Waals surface area (Å²) in [4.78, 5) is 26.3. The molecule has 1 saturated heterocycles. The van der Waals surface area contributed by atoms with Crippen molar-refractivity contribution < 1.29 is 19.0 Å². The molecule has 0 spiro atoms. The predicted molar refractivity (Wildman–Crippen MR) is 127 cm³/mol. The van der Waals surface area contributed by atoms with Gasteiger partial charge in [-0.15, -0.1) is 0 Å². The molecule has 2 aliphatic rings. The molecule has 1 aromatic carbocycles. The number of rotatable bonds is 5. The topological polar surface area (TPSA) is 90.8 Å². The molecule has 3 aromatic rings. The molecule has 176 valence electrons. The Morgan fingerprint density at radius 1 is 1.26 bits per heavy atom. The van der Waals surface area contributed by atoms with Gasteiger partial charge in [0.2, 0.25) is 0 Å². The zero-order valence-corrected chi connectivity index (χ0v) is 19.1. The molecule has 0 saturated carbocycles. The lowest BCUT2D eigenvalue weighted by Gasteiger charge is -2.34. The van der Waals surface area contributed by atoms with E-state index < -0.39 is 5.82 Å². The standard InChI is InChI=1S/C25H26FN5O3/c1-15-10-21(30-9-8-27-16(12-30)14-32)29-22(11-15)31-13-18-17(25(31)33)6-7-28-24(18)23-19(26)4-3-5-20(23)34-2/h3-7,10-11,16,27,32H,8-9,12-14H2,1-2H3/t16-/m1/s1. The third kappa shape index (κ3) is 3.86. The molecule has 5 rings (SSSR count). The van der Waals surface area contributed by atoms with E-state index in [2.05, 4.69) is 15.2 Å². The molecule has 9 heteroatoms. The number of carbonyl (C=O) groups excluding carboxylic acids is 1. The molecule has 1 fully saturated rings. The summed E-state index contributed by atoms with van der Waals surface area (Å²) in [5.74, 6) is 0.986. The van der Waals surface area contributed by atoms with Crippen LogP contribution in [0.25, 0.3) is 11.3 Å². The number of aromatic nitrogens is 2. The number of hydrogen-bond donors (Lipinski definition) is 2. The lowest BCUT2D eigenvalue weighted by molar-refractivity contribution is 0.0996. The van der Waals surface area contributed by atoms with E-state index in [0.717, 1.165) is 24.5 Å². The first-order valence-electron chi connectivity index (χ1n) is 11.2. The van der Waals surface area contributed by atoms with Crippen molar-refractivity contribution in [1.82, 2.24) is 15.3 Å². The van der Waals surface area contributed by atoms with Gasteiger partial charge in [0.1, 0.15) is 23.2 Å². The first kappa shape index (κ1) is 22.2. The number of fused-ring (bicyclic) bond motifs is 1. The Morgan fingerprint density at radius 2 is 2.09 bits per heavy atom. The van der Waals surface area contributed by atoms with Gasteiger partial charge in [0.25, 0.3) is 5.91 Å². The molecule has 2 N–H and O–H groups in total. The summed E-state index contributed by atoms with van der Waals surface area (Å²) < 4.78 is 20.2. The number of benzene rings is 1. The Labute approximate surface area is 197 Å². The second-order valence-electron chi connectivity index (χ2n) is 8.53. The Hall–Kier alpha value is -3.56. The van der Waals surface area contributed by atoms with Gasteiger partial charge in [-0.3, -0.25) is 14.7 Å². The Bertz CT molecular complexity index is 1250. The fourth-order valence-corrected chi connectivity index (χ4v) is 4.62. The van der Waals surface area contributed by atoms with Gasteiger partial charge in [0.15, 0.2) is 0 Å². The van der Waals surface area contributed by atoms with E-state index in [4.69, 9.17) is 9.72 Å². The highest BCUT2D eigenvalue weighted by Gasteiger charge is 2.34. The highest BCUT2D eigenvalue weighted by atomic mass is 19.1. The number of carbonyl (C=O) groups is 1. The normalized spacial score (nSPS) is 17.8. The molecule has 0 aliphatic carbocycles. The summed E-state index contributed by atoms with van der Waals surface area (Å²) in [6.45, 7) is 4.36. The number of aryl methyl sites for hydroxylation is 1. The molecule has 2 aliphatic heterocycles. The third-order valence-corrected chi connectivity index (χ3v) is 6.30. The molecule has 1 atom stereocenters. The van der Waals surface area contributed by atoms with Gasteiger partial charge >= 0.3 is 0 Å². The van der Waals surface area contributed by atoms with Gasteiger partial charge < -0.3 is 20.1 Å². The lowest BCUT2D eigenvalue weighted by Crippen LogP contribution is -2.52. The van der Waals surface area contributed by atoms with Crippen LogP contribution < -0.4 is 19.9 Å². The number of amides is 1. The quantitative estimate of drug-likeness (QED) is 0.601. The van der Waals surface area contributed by atoms with Gasteiger partial charge in [-0.2, -0.15) is 0 Å². The van der Waals surface area contributed by atoms with E-state index in [1.807, 2.05) is 19.1 Å². The zero-order valence-electron chi connectivity index (χ0n) is 19.1. The fraction of sp³-hybridized carbons (Fsp3) is 0.320. The van der Waals surface area contributed by atoms with Crippen LogP contribution in [-0.4, -0.2) is 60.4 Å². The molecule has 0 bridgehead atoms. The fourth-order valence-electron chi connectivity index (χ4n) is 4.62. The van der Waals surface area contributed by atoms with E-state index in [0.29, 0.717) is 34.9 Å². The number of aliphatic hydroxyl groups is 1. The van der Waals surface area contributed by atoms with Crippen LogP contribution in [0.15, 0.2) is 42.6 Å². The van der Waals surface area contributed by atoms with Gasteiger partial charge in [-0.05, 0) is 42.8 Å². The molecule has 1 amide bonds. The van der Waals surface area contributed by atoms with E-state index in [1.165, 1.54) is 19.4 Å². The van der Waals surface area contributed by atoms with Crippen LogP contribution in [0.1, 0.15) is 21.5 Å². The highest BCUT2D eigenvalue weighted by Crippen LogP contribution is 2.38. The number of piperazine rings is 1. The van der Waals surface area contributed by atoms with Crippen molar-refractivity contribution in [3.8, 4) is 17.0 Å². The summed E-state index contributed by atoms with van der Waals surface area (Å²) in [7, 11) is 1.48. The highest BCUT2D eigenvalue weighted by molar-refractivity contribution is 6.10. The maximum Gasteiger partial charge on any atom is 0.260 e. The third-order valence-electron chi connectivity index (χ3n) is 6.30. The maximum absolute atomic E-state index is 14.8. The minimum Gasteiger partial charge on any atom is -0.496 e. The molecular formula is C25H26FN5O3. The second kappa shape index (κ2) is 9.00. The number of ether oxygens (including phenoxy) is 1. The van der Waals surface area contributed by atoms with Crippen LogP contribution in [0.2, 0.25) is 0 Å². The number of hydrogen-bond acceptors (Lipinski definition) is 7. The minimum atomic E-state index is -0.459. The van der Waals surface area contributed by atoms with Crippen molar-refractivity contribution >= 4 is 17.5 Å². The van der Waals surface area contributed by atoms with Crippen LogP contribution in [-0.2, 0) is 6.54 Å². The Kier molecular flexibility index (Phi) is 5.89. The van der Waals surface area contributed by atoms with Gasteiger partial charge in [0, 0.05) is 43.0 Å². The van der Waals surface area contributed by atoms with Crippen molar-refractivity contribution in [1.29, 1.82) is 0 Å². The van der Waals surface area contributed by atoms with Crippen molar-refractivity contribution in [2.75, 3.05) is 43.2 Å². The first-order chi connectivity index (χ1) is 16.5. The van der Waals surface area contributed by atoms with Crippen LogP contribution in [0, 0.1) is 12.7 Å². The SMILES string of the molecule is COc1cccc(F)c1-c1nccc2c1CN(c1cc(C)cc(N3CCN[C@@H](CO)C3)n1)C2=O. The first-order valence-corrected chi connectivity index (χ1v) is 11.2. The number of anilines is 2. The van der Waals surface area contributed by atoms with Crippen LogP contribution >= 0.6 is 0 Å². The Morgan fingerprint density at radius 3 is 2.88 bits per heavy atom. The van der Waals surface area contributed by atoms with E-state index in [1.54, 1.807) is 23.1 Å². The van der Waals surface area contributed by atoms with Crippen molar-refractivity contribution in [3.05, 3.63) is 65.1 Å². The van der Waals surface area contributed by atoms with E-state index in [-0.39, 0.29) is 30.7 Å². The maximum atomic E-state index is 14.8. The summed E-state index contributed by atoms with van der Waals surface area (Å²) in [6.07, 6.45) is 1.52. The minimum absolute atomic E-state index is 0.0263. The summed E-state index contributed by atoms with van der Waals surface area (Å²) in [6, 6.07) is 10.1. The number of pyridine rings is 2. The summed E-state index contributed by atoms with van der Waals surface area (Å²) >= 11 is 0. The number of halogens is 1. The largest absolute Gasteiger partial charge is 0.496 e. The van der Waals surface area contributed by atoms with Crippen molar-refractivity contribution in [2.24, 2.45) is 0 Å². The van der Waals surface area contributed by atoms with Gasteiger partial charge in [0.05, 0.1) is 31.5 Å². The van der Waals surface area contributed by atoms with Gasteiger partial charge in [-0.25, -0.2) is 9.37 Å². The second-order valence-corrected chi connectivity index (χ2v) is 8.53. The predicted octanol–water partition coefficient (Wildman–Crippen LogP) is 2.53. The van der Waals surface area contributed by atoms with E-state index in [9.17, 15) is 14.3 Å². The monoisotopic (exact) mass is 463 g/mol. The molecule has 34 heavy (non-hydrogen) atoms. The lowest BCUT2D eigenvalue weighted by atomic mass is 10.0. The zero-order chi connectivity index (χ0) is 23.8. The smallest absolute Gasteiger partial charge is 0.260 e. The van der Waals surface area contributed by atoms with Gasteiger partial charge in [-0.1, -0.05) is 6.07 Å². The van der Waals surface area contributed by atoms with Crippen molar-refractivity contribution in [3.63, 3.8) is 0 Å². The molecule has 8 nitrogen and oxygen atoms in total. The number of methoxy groups -OCH3 is 1. The number of nitrogens with one attached hydrogen (secondary N) is 1. The summed E-state index contributed by atoms with van der Waals surface area (Å²) in [5.41, 5.74) is 2.72. The van der Waals surface area contributed by atoms with Crippen LogP contribution in [0.3, 0.4) is 0 Å². The molecular weight excluding hydrogens is 437 g/mol. The number of aliphatic hydroxyl groups excluding tert-OH is 1. The van der Waals surface area contributed by atoms with Crippen molar-refractivity contribution in [2.45, 2.75) is 19.5 Å². The molecule has 4 heterocycles. The number of nitrogens with zero attached hydrogens (tertiary/aromatic N) is 4. The average molecular weight is 464 g/mol. The molecule has 2 aromatic heterocycles. The molecule has 0 radical (unpaired) electrons. The molecule has 0 unspecified atom stereocenters. The van der Waals surface area contributed by atoms with Crippen LogP contribution in [0.5, 0.6) is 5.75 Å².